The highest BCUT2D eigenvalue weighted by molar-refractivity contribution is 7.92. The number of amides is 1. The maximum absolute atomic E-state index is 13.2. The van der Waals surface area contributed by atoms with Crippen LogP contribution in [0.4, 0.5) is 5.69 Å². The first kappa shape index (κ1) is 22.0. The van der Waals surface area contributed by atoms with Gasteiger partial charge >= 0.3 is 0 Å². The summed E-state index contributed by atoms with van der Waals surface area (Å²) in [7, 11) is -3.93. The Balaban J connectivity index is 2.32. The van der Waals surface area contributed by atoms with Gasteiger partial charge in [0.15, 0.2) is 0 Å². The molecule has 2 aromatic carbocycles. The third-order valence-electron chi connectivity index (χ3n) is 4.17. The summed E-state index contributed by atoms with van der Waals surface area (Å²) >= 11 is 6.21. The minimum atomic E-state index is -3.93. The Hall–Kier alpha value is -2.31. The fourth-order valence-electron chi connectivity index (χ4n) is 2.70. The second-order valence-corrected chi connectivity index (χ2v) is 8.54. The number of unbranched alkanes of at least 4 members (excludes halogenated alkanes) is 2. The van der Waals surface area contributed by atoms with Crippen molar-refractivity contribution < 1.29 is 13.2 Å². The predicted octanol–water partition coefficient (Wildman–Crippen LogP) is 4.64. The Bertz CT molecular complexity index is 929. The number of halogens is 1. The molecule has 7 heteroatoms. The molecule has 0 atom stereocenters. The minimum Gasteiger partial charge on any atom is -0.352 e. The molecule has 1 N–H and O–H groups in total. The van der Waals surface area contributed by atoms with Gasteiger partial charge in [0.1, 0.15) is 0 Å². The highest BCUT2D eigenvalue weighted by atomic mass is 35.5. The lowest BCUT2D eigenvalue weighted by Gasteiger charge is -2.24. The summed E-state index contributed by atoms with van der Waals surface area (Å²) in [5, 5.41) is 3.14. The molecule has 0 heterocycles. The highest BCUT2D eigenvalue weighted by Crippen LogP contribution is 2.30. The molecule has 0 saturated carbocycles. The van der Waals surface area contributed by atoms with Crippen molar-refractivity contribution in [2.45, 2.75) is 31.1 Å². The Kier molecular flexibility index (Phi) is 8.08. The number of benzene rings is 2. The van der Waals surface area contributed by atoms with Crippen LogP contribution >= 0.6 is 11.6 Å². The lowest BCUT2D eigenvalue weighted by molar-refractivity contribution is 0.0952. The summed E-state index contributed by atoms with van der Waals surface area (Å²) in [5.74, 6) is -0.291. The fourth-order valence-corrected chi connectivity index (χ4v) is 4.49. The number of rotatable bonds is 10. The first-order valence-corrected chi connectivity index (χ1v) is 11.0. The van der Waals surface area contributed by atoms with Gasteiger partial charge in [-0.15, -0.1) is 6.58 Å². The largest absolute Gasteiger partial charge is 0.352 e. The first-order chi connectivity index (χ1) is 13.4. The number of carbonyl (C=O) groups is 1. The van der Waals surface area contributed by atoms with E-state index < -0.39 is 10.0 Å². The van der Waals surface area contributed by atoms with Gasteiger partial charge in [-0.05, 0) is 36.8 Å². The topological polar surface area (TPSA) is 66.5 Å². The number of nitrogens with one attached hydrogen (secondary N) is 1. The summed E-state index contributed by atoms with van der Waals surface area (Å²) in [4.78, 5) is 12.4. The molecule has 0 bridgehead atoms. The van der Waals surface area contributed by atoms with E-state index in [1.54, 1.807) is 36.4 Å². The Morgan fingerprint density at radius 3 is 2.61 bits per heavy atom. The van der Waals surface area contributed by atoms with Crippen LogP contribution in [0.2, 0.25) is 5.02 Å². The first-order valence-electron chi connectivity index (χ1n) is 9.18. The van der Waals surface area contributed by atoms with Crippen molar-refractivity contribution in [3.05, 3.63) is 71.8 Å². The molecule has 0 aliphatic heterocycles. The zero-order chi connectivity index (χ0) is 20.6. The van der Waals surface area contributed by atoms with Crippen molar-refractivity contribution in [2.24, 2.45) is 0 Å². The Labute approximate surface area is 172 Å². The number of hydrogen-bond acceptors (Lipinski definition) is 3. The van der Waals surface area contributed by atoms with Crippen LogP contribution in [0, 0.1) is 0 Å². The van der Waals surface area contributed by atoms with Gasteiger partial charge < -0.3 is 5.32 Å². The van der Waals surface area contributed by atoms with Crippen LogP contribution in [-0.4, -0.2) is 27.4 Å². The molecule has 2 rings (SSSR count). The summed E-state index contributed by atoms with van der Waals surface area (Å²) in [6.45, 7) is 6.35. The molecule has 0 aromatic heterocycles. The summed E-state index contributed by atoms with van der Waals surface area (Å²) in [5.41, 5.74) is 0.661. The number of nitrogens with zero attached hydrogens (tertiary/aromatic N) is 1. The molecular weight excluding hydrogens is 396 g/mol. The van der Waals surface area contributed by atoms with Crippen LogP contribution in [0.1, 0.15) is 36.5 Å². The second kappa shape index (κ2) is 10.3. The molecule has 0 spiro atoms. The van der Waals surface area contributed by atoms with Crippen LogP contribution < -0.4 is 9.62 Å². The lowest BCUT2D eigenvalue weighted by Crippen LogP contribution is -2.32. The standard InChI is InChI=1S/C21H25ClN2O3S/c1-3-5-8-14-23-21(25)17-10-9-11-18(16-17)28(26,27)24(15-4-2)20-13-7-6-12-19(20)22/h4,6-7,9-13,16H,2-3,5,8,14-15H2,1H3,(H,23,25). The minimum absolute atomic E-state index is 0.0236. The SMILES string of the molecule is C=CCN(c1ccccc1Cl)S(=O)(=O)c1cccc(C(=O)NCCCCC)c1. The fraction of sp³-hybridized carbons (Fsp3) is 0.286. The third kappa shape index (κ3) is 5.36. The summed E-state index contributed by atoms with van der Waals surface area (Å²) in [6, 6.07) is 12.7. The molecular formula is C21H25ClN2O3S. The van der Waals surface area contributed by atoms with Crippen LogP contribution in [-0.2, 0) is 10.0 Å². The van der Waals surface area contributed by atoms with Crippen molar-refractivity contribution in [3.63, 3.8) is 0 Å². The van der Waals surface area contributed by atoms with Crippen molar-refractivity contribution in [3.8, 4) is 0 Å². The van der Waals surface area contributed by atoms with Crippen LogP contribution in [0.15, 0.2) is 66.1 Å². The zero-order valence-electron chi connectivity index (χ0n) is 15.9. The van der Waals surface area contributed by atoms with E-state index in [9.17, 15) is 13.2 Å². The van der Waals surface area contributed by atoms with Gasteiger partial charge in [0.05, 0.1) is 22.2 Å². The quantitative estimate of drug-likeness (QED) is 0.449. The molecule has 150 valence electrons. The van der Waals surface area contributed by atoms with Crippen LogP contribution in [0.5, 0.6) is 0 Å². The molecule has 2 aromatic rings. The monoisotopic (exact) mass is 420 g/mol. The molecule has 0 radical (unpaired) electrons. The second-order valence-electron chi connectivity index (χ2n) is 6.27. The normalized spacial score (nSPS) is 11.1. The molecule has 5 nitrogen and oxygen atoms in total. The van der Waals surface area contributed by atoms with Gasteiger partial charge in [0.2, 0.25) is 0 Å². The molecule has 28 heavy (non-hydrogen) atoms. The van der Waals surface area contributed by atoms with E-state index in [0.29, 0.717) is 22.8 Å². The molecule has 0 aliphatic carbocycles. The summed E-state index contributed by atoms with van der Waals surface area (Å²) < 4.78 is 27.7. The van der Waals surface area contributed by atoms with E-state index in [1.165, 1.54) is 22.5 Å². The highest BCUT2D eigenvalue weighted by Gasteiger charge is 2.26. The maximum Gasteiger partial charge on any atom is 0.264 e. The molecule has 1 amide bonds. The van der Waals surface area contributed by atoms with E-state index in [4.69, 9.17) is 11.6 Å². The van der Waals surface area contributed by atoms with Gasteiger partial charge in [0.25, 0.3) is 15.9 Å². The van der Waals surface area contributed by atoms with Crippen molar-refractivity contribution in [1.82, 2.24) is 5.32 Å². The smallest absolute Gasteiger partial charge is 0.264 e. The molecule has 0 fully saturated rings. The van der Waals surface area contributed by atoms with Crippen molar-refractivity contribution in [2.75, 3.05) is 17.4 Å². The number of anilines is 1. The van der Waals surface area contributed by atoms with E-state index in [0.717, 1.165) is 19.3 Å². The van der Waals surface area contributed by atoms with Crippen LogP contribution in [0.25, 0.3) is 0 Å². The van der Waals surface area contributed by atoms with Gasteiger partial charge in [-0.3, -0.25) is 9.10 Å². The zero-order valence-corrected chi connectivity index (χ0v) is 17.5. The van der Waals surface area contributed by atoms with Gasteiger partial charge in [-0.25, -0.2) is 8.42 Å². The van der Waals surface area contributed by atoms with Crippen molar-refractivity contribution in [1.29, 1.82) is 0 Å². The van der Waals surface area contributed by atoms with Gasteiger partial charge in [0, 0.05) is 12.1 Å². The average molecular weight is 421 g/mol. The van der Waals surface area contributed by atoms with E-state index >= 15 is 0 Å². The number of hydrogen-bond donors (Lipinski definition) is 1. The lowest BCUT2D eigenvalue weighted by atomic mass is 10.2. The predicted molar refractivity (Wildman–Crippen MR) is 114 cm³/mol. The third-order valence-corrected chi connectivity index (χ3v) is 6.26. The van der Waals surface area contributed by atoms with E-state index in [1.807, 2.05) is 0 Å². The number of sulfonamides is 1. The van der Waals surface area contributed by atoms with Gasteiger partial charge in [-0.2, -0.15) is 0 Å². The van der Waals surface area contributed by atoms with E-state index in [2.05, 4.69) is 18.8 Å². The average Bonchev–Trinajstić information content (AvgIpc) is 2.70. The van der Waals surface area contributed by atoms with Crippen molar-refractivity contribution >= 4 is 33.2 Å². The van der Waals surface area contributed by atoms with Crippen LogP contribution in [0.3, 0.4) is 0 Å². The molecule has 0 aliphatic rings. The molecule has 0 saturated heterocycles. The van der Waals surface area contributed by atoms with E-state index in [-0.39, 0.29) is 17.3 Å². The molecule has 0 unspecified atom stereocenters. The summed E-state index contributed by atoms with van der Waals surface area (Å²) in [6.07, 6.45) is 4.47. The van der Waals surface area contributed by atoms with Gasteiger partial charge in [-0.1, -0.05) is 55.6 Å². The maximum atomic E-state index is 13.2. The number of para-hydroxylation sites is 1. The Morgan fingerprint density at radius 2 is 1.93 bits per heavy atom. The number of carbonyl (C=O) groups excluding carboxylic acids is 1. The Morgan fingerprint density at radius 1 is 1.18 bits per heavy atom.